The number of nitrogens with two attached hydrogens (primary N) is 1. The first-order valence-corrected chi connectivity index (χ1v) is 7.65. The van der Waals surface area contributed by atoms with Crippen LogP contribution in [-0.4, -0.2) is 17.4 Å². The Balaban J connectivity index is 1.91. The monoisotopic (exact) mass is 318 g/mol. The number of rotatable bonds is 5. The minimum Gasteiger partial charge on any atom is -0.355 e. The molecule has 0 radical (unpaired) electrons. The number of pyridine rings is 1. The Labute approximate surface area is 140 Å². The molecule has 1 amide bonds. The second-order valence-corrected chi connectivity index (χ2v) is 5.21. The van der Waals surface area contributed by atoms with Crippen molar-refractivity contribution >= 4 is 33.9 Å². The van der Waals surface area contributed by atoms with Crippen molar-refractivity contribution in [2.75, 3.05) is 17.2 Å². The molecule has 0 aliphatic rings. The van der Waals surface area contributed by atoms with Crippen molar-refractivity contribution in [3.63, 3.8) is 0 Å². The lowest BCUT2D eigenvalue weighted by Gasteiger charge is -2.11. The van der Waals surface area contributed by atoms with Crippen molar-refractivity contribution in [1.29, 1.82) is 0 Å². The molecule has 0 atom stereocenters. The molecule has 0 fully saturated rings. The van der Waals surface area contributed by atoms with E-state index in [1.165, 1.54) is 6.08 Å². The SMILES string of the molecule is NC/C=C/C(=O)Nc1ccc2nccc(Nc3ccccc3)c2c1. The summed E-state index contributed by atoms with van der Waals surface area (Å²) in [4.78, 5) is 16.2. The van der Waals surface area contributed by atoms with Crippen LogP contribution in [0.4, 0.5) is 17.1 Å². The maximum Gasteiger partial charge on any atom is 0.248 e. The molecule has 1 heterocycles. The number of carbonyl (C=O) groups is 1. The summed E-state index contributed by atoms with van der Waals surface area (Å²) < 4.78 is 0. The quantitative estimate of drug-likeness (QED) is 0.630. The van der Waals surface area contributed by atoms with Gasteiger partial charge < -0.3 is 16.4 Å². The number of nitrogens with one attached hydrogen (secondary N) is 2. The topological polar surface area (TPSA) is 80.0 Å². The first-order valence-electron chi connectivity index (χ1n) is 7.65. The first kappa shape index (κ1) is 15.7. The van der Waals surface area contributed by atoms with Crippen LogP contribution in [0, 0.1) is 0 Å². The average molecular weight is 318 g/mol. The molecule has 1 aromatic heterocycles. The van der Waals surface area contributed by atoms with Gasteiger partial charge in [-0.25, -0.2) is 0 Å². The summed E-state index contributed by atoms with van der Waals surface area (Å²) in [5.74, 6) is -0.207. The number of fused-ring (bicyclic) bond motifs is 1. The lowest BCUT2D eigenvalue weighted by Crippen LogP contribution is -2.08. The van der Waals surface area contributed by atoms with Gasteiger partial charge in [0.1, 0.15) is 0 Å². The zero-order valence-electron chi connectivity index (χ0n) is 13.1. The van der Waals surface area contributed by atoms with Crippen molar-refractivity contribution < 1.29 is 4.79 Å². The van der Waals surface area contributed by atoms with E-state index in [-0.39, 0.29) is 5.91 Å². The molecule has 0 bridgehead atoms. The van der Waals surface area contributed by atoms with Gasteiger partial charge in [0, 0.05) is 41.3 Å². The van der Waals surface area contributed by atoms with Crippen LogP contribution in [0.2, 0.25) is 0 Å². The Morgan fingerprint density at radius 1 is 1.08 bits per heavy atom. The average Bonchev–Trinajstić information content (AvgIpc) is 2.61. The van der Waals surface area contributed by atoms with Gasteiger partial charge >= 0.3 is 0 Å². The first-order chi connectivity index (χ1) is 11.8. The van der Waals surface area contributed by atoms with Crippen molar-refractivity contribution in [3.8, 4) is 0 Å². The largest absolute Gasteiger partial charge is 0.355 e. The number of aromatic nitrogens is 1. The summed E-state index contributed by atoms with van der Waals surface area (Å²) in [7, 11) is 0. The molecule has 5 nitrogen and oxygen atoms in total. The lowest BCUT2D eigenvalue weighted by atomic mass is 10.1. The van der Waals surface area contributed by atoms with Crippen LogP contribution in [0.5, 0.6) is 0 Å². The third-order valence-corrected chi connectivity index (χ3v) is 3.47. The number of para-hydroxylation sites is 1. The van der Waals surface area contributed by atoms with Crippen molar-refractivity contribution in [2.45, 2.75) is 0 Å². The van der Waals surface area contributed by atoms with Gasteiger partial charge in [0.05, 0.1) is 5.52 Å². The lowest BCUT2D eigenvalue weighted by molar-refractivity contribution is -0.111. The van der Waals surface area contributed by atoms with E-state index < -0.39 is 0 Å². The summed E-state index contributed by atoms with van der Waals surface area (Å²) >= 11 is 0. The van der Waals surface area contributed by atoms with Crippen LogP contribution in [0.3, 0.4) is 0 Å². The Kier molecular flexibility index (Phi) is 4.84. The van der Waals surface area contributed by atoms with Crippen molar-refractivity contribution in [3.05, 3.63) is 72.9 Å². The molecular formula is C19H18N4O. The minimum absolute atomic E-state index is 0.207. The summed E-state index contributed by atoms with van der Waals surface area (Å²) in [5, 5.41) is 7.13. The molecule has 0 aliphatic carbocycles. The van der Waals surface area contributed by atoms with Crippen LogP contribution >= 0.6 is 0 Å². The highest BCUT2D eigenvalue weighted by atomic mass is 16.1. The Morgan fingerprint density at radius 3 is 2.71 bits per heavy atom. The molecule has 4 N–H and O–H groups in total. The summed E-state index contributed by atoms with van der Waals surface area (Å²) in [5.41, 5.74) is 8.84. The molecule has 24 heavy (non-hydrogen) atoms. The number of hydrogen-bond donors (Lipinski definition) is 3. The maximum atomic E-state index is 11.8. The molecule has 120 valence electrons. The molecular weight excluding hydrogens is 300 g/mol. The van der Waals surface area contributed by atoms with Crippen LogP contribution < -0.4 is 16.4 Å². The molecule has 0 spiro atoms. The van der Waals surface area contributed by atoms with Crippen molar-refractivity contribution in [1.82, 2.24) is 4.98 Å². The summed E-state index contributed by atoms with van der Waals surface area (Å²) in [6, 6.07) is 17.4. The number of nitrogens with zero attached hydrogens (tertiary/aromatic N) is 1. The molecule has 0 aliphatic heterocycles. The van der Waals surface area contributed by atoms with E-state index in [0.717, 1.165) is 22.3 Å². The van der Waals surface area contributed by atoms with E-state index >= 15 is 0 Å². The van der Waals surface area contributed by atoms with E-state index in [0.29, 0.717) is 12.2 Å². The van der Waals surface area contributed by atoms with Crippen LogP contribution in [0.15, 0.2) is 72.9 Å². The van der Waals surface area contributed by atoms with E-state index in [9.17, 15) is 4.79 Å². The number of carbonyl (C=O) groups excluding carboxylic acids is 1. The number of anilines is 3. The highest BCUT2D eigenvalue weighted by Crippen LogP contribution is 2.27. The fourth-order valence-electron chi connectivity index (χ4n) is 2.37. The van der Waals surface area contributed by atoms with Gasteiger partial charge in [-0.1, -0.05) is 24.3 Å². The third kappa shape index (κ3) is 3.77. The Hall–Kier alpha value is -3.18. The van der Waals surface area contributed by atoms with Gasteiger partial charge in [-0.3, -0.25) is 9.78 Å². The third-order valence-electron chi connectivity index (χ3n) is 3.47. The van der Waals surface area contributed by atoms with Crippen LogP contribution in [0.1, 0.15) is 0 Å². The van der Waals surface area contributed by atoms with E-state index in [1.807, 2.05) is 54.6 Å². The maximum absolute atomic E-state index is 11.8. The van der Waals surface area contributed by atoms with Crippen LogP contribution in [-0.2, 0) is 4.79 Å². The summed E-state index contributed by atoms with van der Waals surface area (Å²) in [6.45, 7) is 0.334. The normalized spacial score (nSPS) is 10.9. The highest BCUT2D eigenvalue weighted by molar-refractivity contribution is 6.02. The highest BCUT2D eigenvalue weighted by Gasteiger charge is 2.05. The zero-order chi connectivity index (χ0) is 16.8. The van der Waals surface area contributed by atoms with Gasteiger partial charge in [-0.2, -0.15) is 0 Å². The molecule has 0 saturated carbocycles. The Bertz CT molecular complexity index is 875. The van der Waals surface area contributed by atoms with E-state index in [4.69, 9.17) is 5.73 Å². The predicted molar refractivity (Wildman–Crippen MR) is 98.3 cm³/mol. The fourth-order valence-corrected chi connectivity index (χ4v) is 2.37. The predicted octanol–water partition coefficient (Wildman–Crippen LogP) is 3.43. The number of hydrogen-bond acceptors (Lipinski definition) is 4. The fraction of sp³-hybridized carbons (Fsp3) is 0.0526. The standard InChI is InChI=1S/C19H18N4O/c20-11-4-7-19(24)23-15-8-9-17-16(13-15)18(10-12-21-17)22-14-5-2-1-3-6-14/h1-10,12-13H,11,20H2,(H,21,22)(H,23,24)/b7-4+. The van der Waals surface area contributed by atoms with Gasteiger partial charge in [0.2, 0.25) is 5.91 Å². The number of benzene rings is 2. The van der Waals surface area contributed by atoms with E-state index in [1.54, 1.807) is 12.3 Å². The minimum atomic E-state index is -0.207. The second-order valence-electron chi connectivity index (χ2n) is 5.21. The molecule has 0 saturated heterocycles. The van der Waals surface area contributed by atoms with Gasteiger partial charge in [0.25, 0.3) is 0 Å². The van der Waals surface area contributed by atoms with E-state index in [2.05, 4.69) is 15.6 Å². The molecule has 5 heteroatoms. The van der Waals surface area contributed by atoms with Gasteiger partial charge in [-0.05, 0) is 36.4 Å². The second kappa shape index (κ2) is 7.39. The van der Waals surface area contributed by atoms with Gasteiger partial charge in [-0.15, -0.1) is 0 Å². The summed E-state index contributed by atoms with van der Waals surface area (Å²) in [6.07, 6.45) is 4.80. The molecule has 2 aromatic carbocycles. The number of amides is 1. The molecule has 0 unspecified atom stereocenters. The molecule has 3 aromatic rings. The van der Waals surface area contributed by atoms with Crippen molar-refractivity contribution in [2.24, 2.45) is 5.73 Å². The zero-order valence-corrected chi connectivity index (χ0v) is 13.1. The Morgan fingerprint density at radius 2 is 1.92 bits per heavy atom. The van der Waals surface area contributed by atoms with Crippen LogP contribution in [0.25, 0.3) is 10.9 Å². The smallest absolute Gasteiger partial charge is 0.248 e. The van der Waals surface area contributed by atoms with Gasteiger partial charge in [0.15, 0.2) is 0 Å². The molecule has 3 rings (SSSR count).